The first-order valence-corrected chi connectivity index (χ1v) is 6.17. The van der Waals surface area contributed by atoms with Gasteiger partial charge in [0.15, 0.2) is 0 Å². The predicted octanol–water partition coefficient (Wildman–Crippen LogP) is 3.96. The van der Waals surface area contributed by atoms with E-state index in [0.29, 0.717) is 29.4 Å². The molecule has 0 aliphatic carbocycles. The van der Waals surface area contributed by atoms with Crippen LogP contribution in [0.4, 0.5) is 5.69 Å². The van der Waals surface area contributed by atoms with Crippen molar-refractivity contribution in [1.29, 1.82) is 0 Å². The Hall–Kier alpha value is -0.440. The number of aliphatic hydroxyl groups is 1. The van der Waals surface area contributed by atoms with Crippen molar-refractivity contribution in [1.82, 2.24) is 0 Å². The lowest BCUT2D eigenvalue weighted by atomic mass is 9.97. The van der Waals surface area contributed by atoms with E-state index < -0.39 is 5.60 Å². The molecule has 4 heteroatoms. The van der Waals surface area contributed by atoms with Gasteiger partial charge in [-0.1, -0.05) is 37.0 Å². The minimum atomic E-state index is -0.678. The molecular formula is C12H17Cl2NO. The van der Waals surface area contributed by atoms with Gasteiger partial charge in [-0.3, -0.25) is 0 Å². The third-order valence-electron chi connectivity index (χ3n) is 2.86. The van der Waals surface area contributed by atoms with Gasteiger partial charge in [-0.15, -0.1) is 0 Å². The van der Waals surface area contributed by atoms with Crippen molar-refractivity contribution < 1.29 is 5.11 Å². The molecule has 0 atom stereocenters. The number of nitrogens with one attached hydrogen (secondary N) is 1. The fraction of sp³-hybridized carbons (Fsp3) is 0.500. The van der Waals surface area contributed by atoms with Crippen molar-refractivity contribution >= 4 is 28.9 Å². The molecule has 0 saturated carbocycles. The fourth-order valence-corrected chi connectivity index (χ4v) is 1.87. The fourth-order valence-electron chi connectivity index (χ4n) is 1.39. The highest BCUT2D eigenvalue weighted by Crippen LogP contribution is 2.26. The molecule has 1 rings (SSSR count). The Labute approximate surface area is 107 Å². The van der Waals surface area contributed by atoms with Gasteiger partial charge in [0.1, 0.15) is 0 Å². The van der Waals surface area contributed by atoms with Crippen LogP contribution in [0.3, 0.4) is 0 Å². The molecular weight excluding hydrogens is 245 g/mol. The molecule has 2 N–H and O–H groups in total. The minimum Gasteiger partial charge on any atom is -0.388 e. The smallest absolute Gasteiger partial charge is 0.0814 e. The maximum absolute atomic E-state index is 10.1. The van der Waals surface area contributed by atoms with Crippen molar-refractivity contribution in [3.8, 4) is 0 Å². The summed E-state index contributed by atoms with van der Waals surface area (Å²) in [5.74, 6) is 0. The van der Waals surface area contributed by atoms with Crippen LogP contribution >= 0.6 is 23.2 Å². The summed E-state index contributed by atoms with van der Waals surface area (Å²) < 4.78 is 0. The number of hydrogen-bond donors (Lipinski definition) is 2. The van der Waals surface area contributed by atoms with Crippen molar-refractivity contribution in [2.24, 2.45) is 0 Å². The average molecular weight is 262 g/mol. The third kappa shape index (κ3) is 3.55. The Kier molecular flexibility index (Phi) is 4.90. The van der Waals surface area contributed by atoms with Crippen LogP contribution < -0.4 is 5.32 Å². The predicted molar refractivity (Wildman–Crippen MR) is 70.5 cm³/mol. The van der Waals surface area contributed by atoms with Crippen LogP contribution in [0.1, 0.15) is 26.7 Å². The lowest BCUT2D eigenvalue weighted by Gasteiger charge is -2.26. The molecule has 0 aliphatic heterocycles. The Morgan fingerprint density at radius 2 is 1.88 bits per heavy atom. The maximum atomic E-state index is 10.1. The van der Waals surface area contributed by atoms with Crippen LogP contribution in [0.25, 0.3) is 0 Å². The number of benzene rings is 1. The quantitative estimate of drug-likeness (QED) is 0.841. The second-order valence-electron chi connectivity index (χ2n) is 3.91. The molecule has 0 spiro atoms. The first kappa shape index (κ1) is 13.6. The number of halogens is 2. The second-order valence-corrected chi connectivity index (χ2v) is 4.75. The summed E-state index contributed by atoms with van der Waals surface area (Å²) in [7, 11) is 0. The van der Waals surface area contributed by atoms with Crippen LogP contribution in [-0.4, -0.2) is 17.3 Å². The van der Waals surface area contributed by atoms with E-state index in [0.717, 1.165) is 5.69 Å². The summed E-state index contributed by atoms with van der Waals surface area (Å²) in [6.07, 6.45) is 1.42. The third-order valence-corrected chi connectivity index (χ3v) is 3.40. The van der Waals surface area contributed by atoms with Crippen molar-refractivity contribution in [2.45, 2.75) is 32.3 Å². The van der Waals surface area contributed by atoms with E-state index in [-0.39, 0.29) is 0 Å². The van der Waals surface area contributed by atoms with Gasteiger partial charge in [-0.2, -0.15) is 0 Å². The maximum Gasteiger partial charge on any atom is 0.0814 e. The molecule has 0 unspecified atom stereocenters. The van der Waals surface area contributed by atoms with Crippen LogP contribution in [0.2, 0.25) is 10.0 Å². The summed E-state index contributed by atoms with van der Waals surface area (Å²) in [6, 6.07) is 5.27. The normalized spacial score (nSPS) is 11.6. The Morgan fingerprint density at radius 3 is 2.38 bits per heavy atom. The van der Waals surface area contributed by atoms with Crippen molar-refractivity contribution in [2.75, 3.05) is 11.9 Å². The molecule has 2 nitrogen and oxygen atoms in total. The molecule has 16 heavy (non-hydrogen) atoms. The second kappa shape index (κ2) is 5.76. The molecule has 0 saturated heterocycles. The lowest BCUT2D eigenvalue weighted by Crippen LogP contribution is -2.35. The van der Waals surface area contributed by atoms with E-state index in [2.05, 4.69) is 5.32 Å². The molecule has 90 valence electrons. The Morgan fingerprint density at radius 1 is 1.25 bits per heavy atom. The SMILES string of the molecule is CCC(O)(CC)CNc1ccc(Cl)cc1Cl. The van der Waals surface area contributed by atoms with Crippen molar-refractivity contribution in [3.05, 3.63) is 28.2 Å². The van der Waals surface area contributed by atoms with Gasteiger partial charge in [0.2, 0.25) is 0 Å². The summed E-state index contributed by atoms with van der Waals surface area (Å²) in [5.41, 5.74) is 0.120. The van der Waals surface area contributed by atoms with Gasteiger partial charge < -0.3 is 10.4 Å². The molecule has 0 bridgehead atoms. The largest absolute Gasteiger partial charge is 0.388 e. The lowest BCUT2D eigenvalue weighted by molar-refractivity contribution is 0.0457. The van der Waals surface area contributed by atoms with Gasteiger partial charge in [-0.25, -0.2) is 0 Å². The molecule has 0 amide bonds. The Bertz CT molecular complexity index is 351. The summed E-state index contributed by atoms with van der Waals surface area (Å²) >= 11 is 11.8. The molecule has 0 aromatic heterocycles. The Balaban J connectivity index is 2.67. The van der Waals surface area contributed by atoms with E-state index in [4.69, 9.17) is 23.2 Å². The van der Waals surface area contributed by atoms with Gasteiger partial charge in [0.05, 0.1) is 16.3 Å². The van der Waals surface area contributed by atoms with Crippen molar-refractivity contribution in [3.63, 3.8) is 0 Å². The zero-order valence-electron chi connectivity index (χ0n) is 9.56. The van der Waals surface area contributed by atoms with E-state index >= 15 is 0 Å². The molecule has 0 aliphatic rings. The summed E-state index contributed by atoms with van der Waals surface area (Å²) in [5, 5.41) is 14.4. The number of hydrogen-bond acceptors (Lipinski definition) is 2. The molecule has 1 aromatic rings. The topological polar surface area (TPSA) is 32.3 Å². The molecule has 0 radical (unpaired) electrons. The molecule has 0 heterocycles. The number of rotatable bonds is 5. The van der Waals surface area contributed by atoms with Crippen LogP contribution in [0.15, 0.2) is 18.2 Å². The van der Waals surface area contributed by atoms with Crippen LogP contribution in [-0.2, 0) is 0 Å². The van der Waals surface area contributed by atoms with E-state index in [1.54, 1.807) is 12.1 Å². The van der Waals surface area contributed by atoms with Crippen LogP contribution in [0, 0.1) is 0 Å². The van der Waals surface area contributed by atoms with E-state index in [9.17, 15) is 5.11 Å². The first-order chi connectivity index (χ1) is 7.50. The molecule has 1 aromatic carbocycles. The van der Waals surface area contributed by atoms with Crippen LogP contribution in [0.5, 0.6) is 0 Å². The minimum absolute atomic E-state index is 0.487. The monoisotopic (exact) mass is 261 g/mol. The zero-order chi connectivity index (χ0) is 12.2. The van der Waals surface area contributed by atoms with Gasteiger partial charge in [-0.05, 0) is 31.0 Å². The first-order valence-electron chi connectivity index (χ1n) is 5.42. The highest BCUT2D eigenvalue weighted by Gasteiger charge is 2.21. The molecule has 0 fully saturated rings. The zero-order valence-corrected chi connectivity index (χ0v) is 11.1. The average Bonchev–Trinajstić information content (AvgIpc) is 2.27. The van der Waals surface area contributed by atoms with Gasteiger partial charge in [0.25, 0.3) is 0 Å². The van der Waals surface area contributed by atoms with Gasteiger partial charge >= 0.3 is 0 Å². The van der Waals surface area contributed by atoms with E-state index in [1.165, 1.54) is 0 Å². The van der Waals surface area contributed by atoms with Gasteiger partial charge in [0, 0.05) is 11.6 Å². The summed E-state index contributed by atoms with van der Waals surface area (Å²) in [4.78, 5) is 0. The standard InChI is InChI=1S/C12H17Cl2NO/c1-3-12(16,4-2)8-15-11-6-5-9(13)7-10(11)14/h5-7,15-16H,3-4,8H2,1-2H3. The highest BCUT2D eigenvalue weighted by atomic mass is 35.5. The van der Waals surface area contributed by atoms with E-state index in [1.807, 2.05) is 19.9 Å². The highest BCUT2D eigenvalue weighted by molar-refractivity contribution is 6.36. The summed E-state index contributed by atoms with van der Waals surface area (Å²) in [6.45, 7) is 4.42. The number of anilines is 1.